The zero-order valence-electron chi connectivity index (χ0n) is 8.49. The molecule has 0 aromatic rings. The number of rotatable bonds is 3. The zero-order valence-corrected chi connectivity index (χ0v) is 8.49. The van der Waals surface area contributed by atoms with Crippen LogP contribution in [0.5, 0.6) is 0 Å². The minimum Gasteiger partial charge on any atom is -0.465 e. The van der Waals surface area contributed by atoms with Crippen LogP contribution in [0.3, 0.4) is 0 Å². The molecule has 0 rings (SSSR count). The summed E-state index contributed by atoms with van der Waals surface area (Å²) in [6, 6.07) is 0. The highest BCUT2D eigenvalue weighted by Gasteiger charge is 2.25. The molecule has 0 fully saturated rings. The molecule has 13 heavy (non-hydrogen) atoms. The lowest BCUT2D eigenvalue weighted by molar-refractivity contribution is -0.154. The van der Waals surface area contributed by atoms with Crippen LogP contribution in [0.15, 0.2) is 0 Å². The molecule has 4 heteroatoms. The van der Waals surface area contributed by atoms with Crippen LogP contribution in [-0.4, -0.2) is 18.5 Å². The summed E-state index contributed by atoms with van der Waals surface area (Å²) in [6.07, 6.45) is -0.422. The van der Waals surface area contributed by atoms with Gasteiger partial charge in [0.05, 0.1) is 12.0 Å². The third-order valence-electron chi connectivity index (χ3n) is 1.39. The van der Waals surface area contributed by atoms with Crippen LogP contribution in [0.2, 0.25) is 0 Å². The number of halogens is 2. The van der Waals surface area contributed by atoms with Crippen molar-refractivity contribution in [1.29, 1.82) is 0 Å². The monoisotopic (exact) mass is 194 g/mol. The topological polar surface area (TPSA) is 26.3 Å². The van der Waals surface area contributed by atoms with Crippen LogP contribution in [0, 0.1) is 5.41 Å². The van der Waals surface area contributed by atoms with Crippen LogP contribution in [0.1, 0.15) is 34.1 Å². The summed E-state index contributed by atoms with van der Waals surface area (Å²) in [6.45, 7) is 5.62. The fraction of sp³-hybridized carbons (Fsp3) is 0.889. The van der Waals surface area contributed by atoms with Crippen LogP contribution < -0.4 is 0 Å². The van der Waals surface area contributed by atoms with Crippen LogP contribution in [0.25, 0.3) is 0 Å². The Morgan fingerprint density at radius 2 is 1.69 bits per heavy atom. The summed E-state index contributed by atoms with van der Waals surface area (Å²) < 4.78 is 29.2. The van der Waals surface area contributed by atoms with Gasteiger partial charge in [-0.1, -0.05) is 0 Å². The van der Waals surface area contributed by atoms with Crippen LogP contribution in [-0.2, 0) is 9.53 Å². The fourth-order valence-corrected chi connectivity index (χ4v) is 0.539. The quantitative estimate of drug-likeness (QED) is 0.645. The van der Waals surface area contributed by atoms with E-state index in [2.05, 4.69) is 4.74 Å². The van der Waals surface area contributed by atoms with Crippen molar-refractivity contribution in [1.82, 2.24) is 0 Å². The Bertz CT molecular complexity index is 177. The molecule has 0 aliphatic carbocycles. The molecule has 0 saturated carbocycles. The Labute approximate surface area is 77.3 Å². The maximum absolute atomic E-state index is 12.3. The van der Waals surface area contributed by atoms with E-state index in [-0.39, 0.29) is 6.61 Å². The Balaban J connectivity index is 3.74. The van der Waals surface area contributed by atoms with E-state index in [1.807, 2.05) is 0 Å². The Kier molecular flexibility index (Phi) is 3.82. The number of hydrogen-bond acceptors (Lipinski definition) is 2. The van der Waals surface area contributed by atoms with Gasteiger partial charge in [0.15, 0.2) is 0 Å². The molecule has 0 aliphatic heterocycles. The van der Waals surface area contributed by atoms with E-state index in [0.717, 1.165) is 6.92 Å². The summed E-state index contributed by atoms with van der Waals surface area (Å²) in [4.78, 5) is 11.1. The molecule has 0 aromatic heterocycles. The van der Waals surface area contributed by atoms with Crippen molar-refractivity contribution in [2.24, 2.45) is 5.41 Å². The molecule has 0 aromatic carbocycles. The molecule has 0 saturated heterocycles. The maximum atomic E-state index is 12.3. The summed E-state index contributed by atoms with van der Waals surface area (Å²) in [5.74, 6) is -3.21. The van der Waals surface area contributed by atoms with Crippen LogP contribution >= 0.6 is 0 Å². The van der Waals surface area contributed by atoms with E-state index in [4.69, 9.17) is 0 Å². The normalized spacial score (nSPS) is 12.8. The number of carbonyl (C=O) groups excluding carboxylic acids is 1. The van der Waals surface area contributed by atoms with Gasteiger partial charge in [-0.2, -0.15) is 0 Å². The van der Waals surface area contributed by atoms with E-state index in [9.17, 15) is 13.6 Å². The molecule has 2 nitrogen and oxygen atoms in total. The van der Waals surface area contributed by atoms with Gasteiger partial charge >= 0.3 is 5.97 Å². The lowest BCUT2D eigenvalue weighted by Crippen LogP contribution is -2.25. The summed E-state index contributed by atoms with van der Waals surface area (Å²) in [5, 5.41) is 0. The molecule has 0 aliphatic rings. The van der Waals surface area contributed by atoms with Gasteiger partial charge in [-0.15, -0.1) is 0 Å². The van der Waals surface area contributed by atoms with Gasteiger partial charge in [0.2, 0.25) is 5.92 Å². The first-order valence-corrected chi connectivity index (χ1v) is 4.18. The van der Waals surface area contributed by atoms with Crippen molar-refractivity contribution in [2.75, 3.05) is 6.61 Å². The Hall–Kier alpha value is -0.670. The third-order valence-corrected chi connectivity index (χ3v) is 1.39. The van der Waals surface area contributed by atoms with Gasteiger partial charge in [0, 0.05) is 6.42 Å². The molecule has 0 unspecified atom stereocenters. The molecular weight excluding hydrogens is 178 g/mol. The minimum atomic E-state index is -2.77. The first kappa shape index (κ1) is 12.3. The molecule has 0 spiro atoms. The summed E-state index contributed by atoms with van der Waals surface area (Å²) in [7, 11) is 0. The smallest absolute Gasteiger partial charge is 0.311 e. The molecule has 0 bridgehead atoms. The average Bonchev–Trinajstić information content (AvgIpc) is 1.82. The van der Waals surface area contributed by atoms with Gasteiger partial charge in [-0.25, -0.2) is 8.78 Å². The highest BCUT2D eigenvalue weighted by Crippen LogP contribution is 2.19. The number of esters is 1. The maximum Gasteiger partial charge on any atom is 0.311 e. The molecule has 0 N–H and O–H groups in total. The second-order valence-electron chi connectivity index (χ2n) is 4.21. The predicted molar refractivity (Wildman–Crippen MR) is 45.7 cm³/mol. The fourth-order valence-electron chi connectivity index (χ4n) is 0.539. The van der Waals surface area contributed by atoms with Gasteiger partial charge in [0.25, 0.3) is 0 Å². The largest absolute Gasteiger partial charge is 0.465 e. The third kappa shape index (κ3) is 6.49. The van der Waals surface area contributed by atoms with Gasteiger partial charge < -0.3 is 4.74 Å². The highest BCUT2D eigenvalue weighted by molar-refractivity contribution is 5.75. The molecule has 0 radical (unpaired) electrons. The van der Waals surface area contributed by atoms with Crippen molar-refractivity contribution in [3.63, 3.8) is 0 Å². The zero-order chi connectivity index (χ0) is 10.7. The van der Waals surface area contributed by atoms with E-state index < -0.39 is 23.7 Å². The van der Waals surface area contributed by atoms with Crippen molar-refractivity contribution >= 4 is 5.97 Å². The summed E-state index contributed by atoms with van der Waals surface area (Å²) >= 11 is 0. The highest BCUT2D eigenvalue weighted by atomic mass is 19.3. The standard InChI is InChI=1S/C9H16F2O2/c1-8(2,3)7(12)13-6-5-9(4,10)11/h5-6H2,1-4H3. The van der Waals surface area contributed by atoms with Crippen LogP contribution in [0.4, 0.5) is 8.78 Å². The lowest BCUT2D eigenvalue weighted by atomic mass is 9.97. The molecule has 0 amide bonds. The Morgan fingerprint density at radius 3 is 2.00 bits per heavy atom. The van der Waals surface area contributed by atoms with Gasteiger partial charge in [-0.3, -0.25) is 4.79 Å². The van der Waals surface area contributed by atoms with Gasteiger partial charge in [-0.05, 0) is 27.7 Å². The number of alkyl halides is 2. The number of hydrogen-bond donors (Lipinski definition) is 0. The average molecular weight is 194 g/mol. The molecule has 0 atom stereocenters. The van der Waals surface area contributed by atoms with Crippen molar-refractivity contribution in [2.45, 2.75) is 40.0 Å². The molecule has 78 valence electrons. The van der Waals surface area contributed by atoms with E-state index in [1.54, 1.807) is 20.8 Å². The number of carbonyl (C=O) groups is 1. The second kappa shape index (κ2) is 4.03. The molecule has 0 heterocycles. The second-order valence-corrected chi connectivity index (χ2v) is 4.21. The SMILES string of the molecule is CC(F)(F)CCOC(=O)C(C)(C)C. The van der Waals surface area contributed by atoms with Crippen molar-refractivity contribution in [3.8, 4) is 0 Å². The Morgan fingerprint density at radius 1 is 1.23 bits per heavy atom. The van der Waals surface area contributed by atoms with E-state index in [1.165, 1.54) is 0 Å². The first-order chi connectivity index (χ1) is 5.63. The van der Waals surface area contributed by atoms with E-state index >= 15 is 0 Å². The minimum absolute atomic E-state index is 0.223. The van der Waals surface area contributed by atoms with Crippen molar-refractivity contribution in [3.05, 3.63) is 0 Å². The number of ether oxygens (including phenoxy) is 1. The molecular formula is C9H16F2O2. The first-order valence-electron chi connectivity index (χ1n) is 4.18. The van der Waals surface area contributed by atoms with Crippen molar-refractivity contribution < 1.29 is 18.3 Å². The van der Waals surface area contributed by atoms with E-state index in [0.29, 0.717) is 0 Å². The lowest BCUT2D eigenvalue weighted by Gasteiger charge is -2.17. The summed E-state index contributed by atoms with van der Waals surface area (Å²) in [5.41, 5.74) is -0.622. The van der Waals surface area contributed by atoms with Gasteiger partial charge in [0.1, 0.15) is 0 Å². The predicted octanol–water partition coefficient (Wildman–Crippen LogP) is 2.62.